The monoisotopic (exact) mass is 358 g/mol. The Labute approximate surface area is 153 Å². The van der Waals surface area contributed by atoms with Crippen LogP contribution in [-0.2, 0) is 4.79 Å². The Bertz CT molecular complexity index is 712. The Kier molecular flexibility index (Phi) is 5.79. The minimum Gasteiger partial charge on any atom is -0.376 e. The third kappa shape index (κ3) is 5.11. The topological polar surface area (TPSA) is 47.6 Å². The van der Waals surface area contributed by atoms with Gasteiger partial charge in [-0.2, -0.15) is 0 Å². The summed E-state index contributed by atoms with van der Waals surface area (Å²) in [5.74, 6) is -0.106. The number of hydrogen-bond acceptors (Lipinski definition) is 4. The minimum atomic E-state index is -0.106. The first-order valence-corrected chi connectivity index (χ1v) is 8.81. The summed E-state index contributed by atoms with van der Waals surface area (Å²) in [6, 6.07) is 15.4. The number of hydrogen-bond donors (Lipinski definition) is 2. The molecule has 132 valence electrons. The van der Waals surface area contributed by atoms with Crippen molar-refractivity contribution >= 4 is 34.6 Å². The number of nitrogens with zero attached hydrogens (tertiary/aromatic N) is 2. The van der Waals surface area contributed by atoms with Gasteiger partial charge in [0.15, 0.2) is 0 Å². The van der Waals surface area contributed by atoms with Crippen LogP contribution in [0.5, 0.6) is 0 Å². The SMILES string of the molecule is CN1CCN(c2ccc(NCC(=O)Nc3cccc(Cl)c3)cc2)CC1. The number of rotatable bonds is 5. The lowest BCUT2D eigenvalue weighted by molar-refractivity contribution is -0.114. The summed E-state index contributed by atoms with van der Waals surface area (Å²) in [4.78, 5) is 16.7. The second-order valence-corrected chi connectivity index (χ2v) is 6.69. The van der Waals surface area contributed by atoms with Gasteiger partial charge in [0.05, 0.1) is 6.54 Å². The smallest absolute Gasteiger partial charge is 0.243 e. The molecule has 1 amide bonds. The van der Waals surface area contributed by atoms with Gasteiger partial charge in [-0.15, -0.1) is 0 Å². The number of carbonyl (C=O) groups excluding carboxylic acids is 1. The molecular weight excluding hydrogens is 336 g/mol. The van der Waals surface area contributed by atoms with Crippen molar-refractivity contribution in [1.29, 1.82) is 0 Å². The molecule has 2 aromatic carbocycles. The average Bonchev–Trinajstić information content (AvgIpc) is 2.61. The first-order valence-electron chi connectivity index (χ1n) is 8.43. The van der Waals surface area contributed by atoms with Crippen LogP contribution in [0.2, 0.25) is 5.02 Å². The lowest BCUT2D eigenvalue weighted by atomic mass is 10.2. The fraction of sp³-hybridized carbons (Fsp3) is 0.316. The molecule has 2 N–H and O–H groups in total. The third-order valence-corrected chi connectivity index (χ3v) is 4.53. The highest BCUT2D eigenvalue weighted by Crippen LogP contribution is 2.19. The number of carbonyl (C=O) groups is 1. The highest BCUT2D eigenvalue weighted by Gasteiger charge is 2.13. The molecule has 1 aliphatic rings. The molecule has 0 atom stereocenters. The van der Waals surface area contributed by atoms with Gasteiger partial charge < -0.3 is 20.4 Å². The van der Waals surface area contributed by atoms with E-state index in [2.05, 4.69) is 39.6 Å². The van der Waals surface area contributed by atoms with Crippen molar-refractivity contribution in [3.63, 3.8) is 0 Å². The zero-order valence-electron chi connectivity index (χ0n) is 14.3. The molecule has 2 aromatic rings. The van der Waals surface area contributed by atoms with E-state index < -0.39 is 0 Å². The summed E-state index contributed by atoms with van der Waals surface area (Å²) in [5.41, 5.74) is 2.85. The second kappa shape index (κ2) is 8.23. The quantitative estimate of drug-likeness (QED) is 0.862. The fourth-order valence-corrected chi connectivity index (χ4v) is 3.00. The predicted octanol–water partition coefficient (Wildman–Crippen LogP) is 3.14. The molecule has 0 radical (unpaired) electrons. The Morgan fingerprint density at radius 2 is 1.76 bits per heavy atom. The van der Waals surface area contributed by atoms with Gasteiger partial charge in [-0.1, -0.05) is 17.7 Å². The molecule has 0 bridgehead atoms. The van der Waals surface area contributed by atoms with Gasteiger partial charge in [0.2, 0.25) is 5.91 Å². The molecule has 0 saturated carbocycles. The average molecular weight is 359 g/mol. The van der Waals surface area contributed by atoms with E-state index in [-0.39, 0.29) is 12.5 Å². The summed E-state index contributed by atoms with van der Waals surface area (Å²) in [6.45, 7) is 4.48. The van der Waals surface area contributed by atoms with E-state index >= 15 is 0 Å². The van der Waals surface area contributed by atoms with E-state index in [1.165, 1.54) is 5.69 Å². The minimum absolute atomic E-state index is 0.106. The lowest BCUT2D eigenvalue weighted by Gasteiger charge is -2.34. The van der Waals surface area contributed by atoms with Gasteiger partial charge in [0, 0.05) is 48.3 Å². The van der Waals surface area contributed by atoms with E-state index in [0.29, 0.717) is 10.7 Å². The first-order chi connectivity index (χ1) is 12.1. The highest BCUT2D eigenvalue weighted by atomic mass is 35.5. The molecule has 1 fully saturated rings. The van der Waals surface area contributed by atoms with Crippen molar-refractivity contribution < 1.29 is 4.79 Å². The maximum absolute atomic E-state index is 12.0. The molecule has 0 spiro atoms. The van der Waals surface area contributed by atoms with Crippen LogP contribution in [0.25, 0.3) is 0 Å². The van der Waals surface area contributed by atoms with E-state index in [9.17, 15) is 4.79 Å². The molecule has 0 aliphatic carbocycles. The third-order valence-electron chi connectivity index (χ3n) is 4.30. The van der Waals surface area contributed by atoms with E-state index in [0.717, 1.165) is 31.9 Å². The van der Waals surface area contributed by atoms with Crippen molar-refractivity contribution in [2.75, 3.05) is 55.3 Å². The van der Waals surface area contributed by atoms with Gasteiger partial charge in [-0.25, -0.2) is 0 Å². The van der Waals surface area contributed by atoms with Gasteiger partial charge in [0.25, 0.3) is 0 Å². The van der Waals surface area contributed by atoms with Crippen molar-refractivity contribution in [2.45, 2.75) is 0 Å². The van der Waals surface area contributed by atoms with Gasteiger partial charge >= 0.3 is 0 Å². The van der Waals surface area contributed by atoms with Crippen LogP contribution in [-0.4, -0.2) is 50.6 Å². The maximum atomic E-state index is 12.0. The normalized spacial score (nSPS) is 15.0. The van der Waals surface area contributed by atoms with Crippen molar-refractivity contribution in [1.82, 2.24) is 4.90 Å². The summed E-state index contributed by atoms with van der Waals surface area (Å²) in [5, 5.41) is 6.57. The van der Waals surface area contributed by atoms with Gasteiger partial charge in [-0.3, -0.25) is 4.79 Å². The number of halogens is 1. The number of anilines is 3. The molecule has 3 rings (SSSR count). The van der Waals surface area contributed by atoms with Crippen LogP contribution in [0.4, 0.5) is 17.1 Å². The second-order valence-electron chi connectivity index (χ2n) is 6.25. The number of amides is 1. The first kappa shape index (κ1) is 17.6. The van der Waals surface area contributed by atoms with E-state index in [1.807, 2.05) is 24.3 Å². The molecule has 0 aromatic heterocycles. The summed E-state index contributed by atoms with van der Waals surface area (Å²) in [7, 11) is 2.15. The molecule has 6 heteroatoms. The van der Waals surface area contributed by atoms with Crippen LogP contribution < -0.4 is 15.5 Å². The van der Waals surface area contributed by atoms with Crippen molar-refractivity contribution in [2.24, 2.45) is 0 Å². The standard InChI is InChI=1S/C19H23ClN4O/c1-23-9-11-24(12-10-23)18-7-5-16(6-8-18)21-14-19(25)22-17-4-2-3-15(20)13-17/h2-8,13,21H,9-12,14H2,1H3,(H,22,25). The zero-order valence-corrected chi connectivity index (χ0v) is 15.1. The summed E-state index contributed by atoms with van der Waals surface area (Å²) >= 11 is 5.91. The maximum Gasteiger partial charge on any atom is 0.243 e. The summed E-state index contributed by atoms with van der Waals surface area (Å²) < 4.78 is 0. The van der Waals surface area contributed by atoms with Crippen LogP contribution in [0.15, 0.2) is 48.5 Å². The molecule has 1 aliphatic heterocycles. The fourth-order valence-electron chi connectivity index (χ4n) is 2.81. The summed E-state index contributed by atoms with van der Waals surface area (Å²) in [6.07, 6.45) is 0. The Morgan fingerprint density at radius 3 is 2.44 bits per heavy atom. The number of benzene rings is 2. The molecule has 1 saturated heterocycles. The predicted molar refractivity (Wildman–Crippen MR) is 105 cm³/mol. The number of piperazine rings is 1. The number of likely N-dealkylation sites (N-methyl/N-ethyl adjacent to an activating group) is 1. The number of nitrogens with one attached hydrogen (secondary N) is 2. The highest BCUT2D eigenvalue weighted by molar-refractivity contribution is 6.30. The lowest BCUT2D eigenvalue weighted by Crippen LogP contribution is -2.44. The Morgan fingerprint density at radius 1 is 1.04 bits per heavy atom. The van der Waals surface area contributed by atoms with Crippen LogP contribution in [0.1, 0.15) is 0 Å². The largest absolute Gasteiger partial charge is 0.376 e. The molecule has 0 unspecified atom stereocenters. The van der Waals surface area contributed by atoms with Crippen LogP contribution >= 0.6 is 11.6 Å². The van der Waals surface area contributed by atoms with Gasteiger partial charge in [-0.05, 0) is 49.5 Å². The molecule has 25 heavy (non-hydrogen) atoms. The molecule has 5 nitrogen and oxygen atoms in total. The van der Waals surface area contributed by atoms with Crippen LogP contribution in [0.3, 0.4) is 0 Å². The van der Waals surface area contributed by atoms with Crippen molar-refractivity contribution in [3.8, 4) is 0 Å². The van der Waals surface area contributed by atoms with E-state index in [4.69, 9.17) is 11.6 Å². The zero-order chi connectivity index (χ0) is 17.6. The van der Waals surface area contributed by atoms with E-state index in [1.54, 1.807) is 12.1 Å². The Balaban J connectivity index is 1.49. The molecule has 1 heterocycles. The van der Waals surface area contributed by atoms with Crippen LogP contribution in [0, 0.1) is 0 Å². The van der Waals surface area contributed by atoms with Crippen molar-refractivity contribution in [3.05, 3.63) is 53.6 Å². The Hall–Kier alpha value is -2.24. The molecular formula is C19H23ClN4O. The van der Waals surface area contributed by atoms with Gasteiger partial charge in [0.1, 0.15) is 0 Å².